The molecule has 1 unspecified atom stereocenters. The van der Waals surface area contributed by atoms with Gasteiger partial charge in [-0.3, -0.25) is 9.59 Å². The summed E-state index contributed by atoms with van der Waals surface area (Å²) >= 11 is 0. The highest BCUT2D eigenvalue weighted by molar-refractivity contribution is 6.02. The molecule has 1 fully saturated rings. The molecule has 1 atom stereocenters. The minimum absolute atomic E-state index is 0.0886. The summed E-state index contributed by atoms with van der Waals surface area (Å²) in [5, 5.41) is 12.6. The zero-order chi connectivity index (χ0) is 22.4. The molecule has 1 aromatic carbocycles. The van der Waals surface area contributed by atoms with Crippen LogP contribution in [0.25, 0.3) is 6.08 Å². The van der Waals surface area contributed by atoms with Crippen LogP contribution >= 0.6 is 0 Å². The molecule has 6 nitrogen and oxygen atoms in total. The number of carbonyl (C=O) groups is 2. The molecule has 6 heteroatoms. The number of likely N-dealkylation sites (tertiary alicyclic amines) is 1. The number of aryl methyl sites for hydroxylation is 1. The summed E-state index contributed by atoms with van der Waals surface area (Å²) < 4.78 is 2.20. The van der Waals surface area contributed by atoms with Crippen molar-refractivity contribution in [3.05, 3.63) is 58.9 Å². The van der Waals surface area contributed by atoms with Gasteiger partial charge in [0.2, 0.25) is 5.91 Å². The summed E-state index contributed by atoms with van der Waals surface area (Å²) in [5.74, 6) is -0.679. The number of nitrogens with one attached hydrogen (secondary N) is 1. The fourth-order valence-corrected chi connectivity index (χ4v) is 4.15. The zero-order valence-corrected chi connectivity index (χ0v) is 18.5. The lowest BCUT2D eigenvalue weighted by atomic mass is 9.96. The van der Waals surface area contributed by atoms with E-state index < -0.39 is 0 Å². The maximum atomic E-state index is 13.1. The molecule has 162 valence electrons. The van der Waals surface area contributed by atoms with Crippen LogP contribution in [0.4, 0.5) is 5.69 Å². The maximum absolute atomic E-state index is 13.1. The lowest BCUT2D eigenvalue weighted by Gasteiger charge is -2.32. The molecule has 2 heterocycles. The Morgan fingerprint density at radius 1 is 1.26 bits per heavy atom. The van der Waals surface area contributed by atoms with Crippen LogP contribution < -0.4 is 5.32 Å². The summed E-state index contributed by atoms with van der Waals surface area (Å²) in [4.78, 5) is 27.4. The highest BCUT2D eigenvalue weighted by Crippen LogP contribution is 2.23. The van der Waals surface area contributed by atoms with Gasteiger partial charge in [0, 0.05) is 36.7 Å². The zero-order valence-electron chi connectivity index (χ0n) is 18.5. The van der Waals surface area contributed by atoms with Gasteiger partial charge in [0.1, 0.15) is 11.6 Å². The normalized spacial score (nSPS) is 16.6. The molecule has 31 heavy (non-hydrogen) atoms. The SMILES string of the molecule is CCCn1c(C)cc(/C=C(\C#N)C(=O)N2CCCC(C(=O)Nc3ccccc3)C2)c1C. The number of nitrogens with zero attached hydrogens (tertiary/aromatic N) is 3. The van der Waals surface area contributed by atoms with E-state index in [-0.39, 0.29) is 23.3 Å². The van der Waals surface area contributed by atoms with Crippen LogP contribution in [-0.4, -0.2) is 34.4 Å². The minimum atomic E-state index is -0.306. The van der Waals surface area contributed by atoms with Crippen LogP contribution in [0.2, 0.25) is 0 Å². The summed E-state index contributed by atoms with van der Waals surface area (Å²) in [7, 11) is 0. The van der Waals surface area contributed by atoms with E-state index in [1.807, 2.05) is 50.2 Å². The number of aromatic nitrogens is 1. The van der Waals surface area contributed by atoms with Crippen LogP contribution in [-0.2, 0) is 16.1 Å². The average molecular weight is 419 g/mol. The molecule has 1 N–H and O–H groups in total. The van der Waals surface area contributed by atoms with Crippen molar-refractivity contribution in [1.29, 1.82) is 5.26 Å². The van der Waals surface area contributed by atoms with Gasteiger partial charge < -0.3 is 14.8 Å². The molecule has 0 aliphatic carbocycles. The third-order valence-electron chi connectivity index (χ3n) is 5.83. The first-order valence-electron chi connectivity index (χ1n) is 10.9. The second-order valence-electron chi connectivity index (χ2n) is 8.09. The molecule has 0 spiro atoms. The summed E-state index contributed by atoms with van der Waals surface area (Å²) in [6.45, 7) is 7.96. The Morgan fingerprint density at radius 2 is 2.00 bits per heavy atom. The van der Waals surface area contributed by atoms with Crippen LogP contribution in [0.3, 0.4) is 0 Å². The van der Waals surface area contributed by atoms with Crippen LogP contribution in [0.5, 0.6) is 0 Å². The van der Waals surface area contributed by atoms with Gasteiger partial charge in [0.25, 0.3) is 5.91 Å². The highest BCUT2D eigenvalue weighted by Gasteiger charge is 2.30. The Bertz CT molecular complexity index is 1010. The van der Waals surface area contributed by atoms with Crippen molar-refractivity contribution >= 4 is 23.6 Å². The monoisotopic (exact) mass is 418 g/mol. The van der Waals surface area contributed by atoms with E-state index in [4.69, 9.17) is 0 Å². The second-order valence-corrected chi connectivity index (χ2v) is 8.09. The van der Waals surface area contributed by atoms with Crippen LogP contribution in [0.15, 0.2) is 42.0 Å². The first kappa shape index (κ1) is 22.4. The topological polar surface area (TPSA) is 78.1 Å². The largest absolute Gasteiger partial charge is 0.349 e. The number of carbonyl (C=O) groups excluding carboxylic acids is 2. The number of nitriles is 1. The Morgan fingerprint density at radius 3 is 2.68 bits per heavy atom. The predicted octanol–water partition coefficient (Wildman–Crippen LogP) is 4.30. The third-order valence-corrected chi connectivity index (χ3v) is 5.83. The van der Waals surface area contributed by atoms with Crippen LogP contribution in [0.1, 0.15) is 43.1 Å². The number of hydrogen-bond donors (Lipinski definition) is 1. The smallest absolute Gasteiger partial charge is 0.264 e. The molecule has 1 saturated heterocycles. The number of rotatable bonds is 6. The first-order valence-corrected chi connectivity index (χ1v) is 10.9. The molecular weight excluding hydrogens is 388 g/mol. The summed E-state index contributed by atoms with van der Waals surface area (Å²) in [5.41, 5.74) is 3.92. The second kappa shape index (κ2) is 10.1. The van der Waals surface area contributed by atoms with Gasteiger partial charge in [0.15, 0.2) is 0 Å². The van der Waals surface area contributed by atoms with Gasteiger partial charge in [-0.1, -0.05) is 25.1 Å². The molecule has 0 radical (unpaired) electrons. The number of amides is 2. The molecule has 3 rings (SSSR count). The van der Waals surface area contributed by atoms with E-state index in [1.165, 1.54) is 0 Å². The molecule has 1 aliphatic heterocycles. The van der Waals surface area contributed by atoms with E-state index in [1.54, 1.807) is 11.0 Å². The van der Waals surface area contributed by atoms with Gasteiger partial charge in [0.05, 0.1) is 5.92 Å². The quantitative estimate of drug-likeness (QED) is 0.561. The number of piperidine rings is 1. The number of para-hydroxylation sites is 1. The standard InChI is InChI=1S/C25H30N4O2/c1-4-12-29-18(2)14-21(19(29)3)15-22(16-26)25(31)28-13-8-9-20(17-28)24(30)27-23-10-6-5-7-11-23/h5-7,10-11,14-15,20H,4,8-9,12-13,17H2,1-3H3,(H,27,30)/b22-15+. The van der Waals surface area contributed by atoms with Crippen molar-refractivity contribution in [2.45, 2.75) is 46.6 Å². The Hall–Kier alpha value is -3.33. The molecule has 0 bridgehead atoms. The lowest BCUT2D eigenvalue weighted by Crippen LogP contribution is -2.44. The van der Waals surface area contributed by atoms with Gasteiger partial charge in [-0.25, -0.2) is 0 Å². The van der Waals surface area contributed by atoms with E-state index in [0.717, 1.165) is 48.4 Å². The van der Waals surface area contributed by atoms with E-state index in [2.05, 4.69) is 22.9 Å². The van der Waals surface area contributed by atoms with Crippen molar-refractivity contribution in [2.75, 3.05) is 18.4 Å². The summed E-state index contributed by atoms with van der Waals surface area (Å²) in [6, 6.07) is 13.4. The van der Waals surface area contributed by atoms with E-state index in [0.29, 0.717) is 13.1 Å². The predicted molar refractivity (Wildman–Crippen MR) is 122 cm³/mol. The molecule has 1 aliphatic rings. The van der Waals surface area contributed by atoms with Gasteiger partial charge >= 0.3 is 0 Å². The van der Waals surface area contributed by atoms with Crippen molar-refractivity contribution < 1.29 is 9.59 Å². The van der Waals surface area contributed by atoms with Gasteiger partial charge in [-0.2, -0.15) is 5.26 Å². The molecular formula is C25H30N4O2. The third kappa shape index (κ3) is 5.24. The van der Waals surface area contributed by atoms with Gasteiger partial charge in [-0.05, 0) is 62.9 Å². The number of anilines is 1. The fourth-order valence-electron chi connectivity index (χ4n) is 4.15. The molecule has 1 aromatic heterocycles. The number of hydrogen-bond acceptors (Lipinski definition) is 3. The van der Waals surface area contributed by atoms with E-state index >= 15 is 0 Å². The summed E-state index contributed by atoms with van der Waals surface area (Å²) in [6.07, 6.45) is 4.17. The van der Waals surface area contributed by atoms with Crippen molar-refractivity contribution in [3.8, 4) is 6.07 Å². The minimum Gasteiger partial charge on any atom is -0.349 e. The average Bonchev–Trinajstić information content (AvgIpc) is 3.05. The lowest BCUT2D eigenvalue weighted by molar-refractivity contribution is -0.130. The van der Waals surface area contributed by atoms with E-state index in [9.17, 15) is 14.9 Å². The van der Waals surface area contributed by atoms with Crippen molar-refractivity contribution in [1.82, 2.24) is 9.47 Å². The maximum Gasteiger partial charge on any atom is 0.264 e. The van der Waals surface area contributed by atoms with Crippen molar-refractivity contribution in [3.63, 3.8) is 0 Å². The van der Waals surface area contributed by atoms with Gasteiger partial charge in [-0.15, -0.1) is 0 Å². The Labute approximate surface area is 184 Å². The van der Waals surface area contributed by atoms with Crippen molar-refractivity contribution in [2.24, 2.45) is 5.92 Å². The Kier molecular flexibility index (Phi) is 7.30. The fraction of sp³-hybridized carbons (Fsp3) is 0.400. The molecule has 2 amide bonds. The first-order chi connectivity index (χ1) is 14.9. The van der Waals surface area contributed by atoms with Crippen LogP contribution in [0, 0.1) is 31.1 Å². The highest BCUT2D eigenvalue weighted by atomic mass is 16.2. The molecule has 0 saturated carbocycles. The Balaban J connectivity index is 1.73. The molecule has 2 aromatic rings. The number of benzene rings is 1.